The van der Waals surface area contributed by atoms with E-state index in [0.29, 0.717) is 19.4 Å². The Morgan fingerprint density at radius 3 is 2.80 bits per heavy atom. The van der Waals surface area contributed by atoms with E-state index in [4.69, 9.17) is 4.74 Å². The Kier molecular flexibility index (Phi) is 6.49. The number of hydrogen-bond donors (Lipinski definition) is 1. The molecule has 0 spiro atoms. The van der Waals surface area contributed by atoms with Gasteiger partial charge in [-0.3, -0.25) is 9.69 Å². The van der Waals surface area contributed by atoms with E-state index in [1.807, 2.05) is 0 Å². The Labute approximate surface area is 150 Å². The quantitative estimate of drug-likeness (QED) is 0.821. The van der Waals surface area contributed by atoms with Gasteiger partial charge in [0.25, 0.3) is 0 Å². The van der Waals surface area contributed by atoms with Gasteiger partial charge >= 0.3 is 0 Å². The standard InChI is InChI=1S/C18H22FN3O2S/c19-15-4-1-14(2-5-15)3-6-17(23)20-11-18-21-16(13-25-18)12-22-7-9-24-10-8-22/h1-2,4-5,13H,3,6-12H2,(H,20,23). The zero-order valence-electron chi connectivity index (χ0n) is 14.0. The summed E-state index contributed by atoms with van der Waals surface area (Å²) in [7, 11) is 0. The summed E-state index contributed by atoms with van der Waals surface area (Å²) in [4.78, 5) is 18.9. The topological polar surface area (TPSA) is 54.5 Å². The minimum atomic E-state index is -0.259. The molecule has 0 atom stereocenters. The molecule has 1 aromatic carbocycles. The average Bonchev–Trinajstić information content (AvgIpc) is 3.08. The van der Waals surface area contributed by atoms with Gasteiger partial charge in [-0.2, -0.15) is 0 Å². The highest BCUT2D eigenvalue weighted by Gasteiger charge is 2.13. The molecule has 25 heavy (non-hydrogen) atoms. The van der Waals surface area contributed by atoms with Crippen molar-refractivity contribution in [1.29, 1.82) is 0 Å². The summed E-state index contributed by atoms with van der Waals surface area (Å²) in [6.07, 6.45) is 0.990. The van der Waals surface area contributed by atoms with E-state index in [0.717, 1.165) is 49.1 Å². The molecule has 0 unspecified atom stereocenters. The number of hydrogen-bond acceptors (Lipinski definition) is 5. The minimum Gasteiger partial charge on any atom is -0.379 e. The Hall–Kier alpha value is -1.83. The molecule has 7 heteroatoms. The number of nitrogens with zero attached hydrogens (tertiary/aromatic N) is 2. The summed E-state index contributed by atoms with van der Waals surface area (Å²) in [5, 5.41) is 5.87. The van der Waals surface area contributed by atoms with Gasteiger partial charge in [-0.15, -0.1) is 11.3 Å². The molecular weight excluding hydrogens is 341 g/mol. The fourth-order valence-electron chi connectivity index (χ4n) is 2.66. The highest BCUT2D eigenvalue weighted by molar-refractivity contribution is 7.09. The molecule has 1 amide bonds. The molecule has 0 saturated carbocycles. The molecule has 5 nitrogen and oxygen atoms in total. The van der Waals surface area contributed by atoms with Crippen molar-refractivity contribution in [3.63, 3.8) is 0 Å². The lowest BCUT2D eigenvalue weighted by Crippen LogP contribution is -2.35. The van der Waals surface area contributed by atoms with Crippen molar-refractivity contribution in [3.8, 4) is 0 Å². The van der Waals surface area contributed by atoms with Gasteiger partial charge < -0.3 is 10.1 Å². The lowest BCUT2D eigenvalue weighted by Gasteiger charge is -2.25. The van der Waals surface area contributed by atoms with Gasteiger partial charge in [0.2, 0.25) is 5.91 Å². The number of carbonyl (C=O) groups is 1. The van der Waals surface area contributed by atoms with Crippen molar-refractivity contribution < 1.29 is 13.9 Å². The molecule has 0 radical (unpaired) electrons. The second-order valence-corrected chi connectivity index (χ2v) is 6.97. The van der Waals surface area contributed by atoms with Crippen LogP contribution >= 0.6 is 11.3 Å². The molecular formula is C18H22FN3O2S. The number of aryl methyl sites for hydroxylation is 1. The minimum absolute atomic E-state index is 0.0192. The summed E-state index contributed by atoms with van der Waals surface area (Å²) >= 11 is 1.57. The number of rotatable bonds is 7. The maximum Gasteiger partial charge on any atom is 0.220 e. The van der Waals surface area contributed by atoms with E-state index in [2.05, 4.69) is 20.6 Å². The molecule has 1 aliphatic rings. The molecule has 1 N–H and O–H groups in total. The molecule has 2 aromatic rings. The first-order valence-corrected chi connectivity index (χ1v) is 9.31. The van der Waals surface area contributed by atoms with E-state index < -0.39 is 0 Å². The number of morpholine rings is 1. The summed E-state index contributed by atoms with van der Waals surface area (Å²) in [5.41, 5.74) is 2.00. The third-order valence-electron chi connectivity index (χ3n) is 4.08. The van der Waals surface area contributed by atoms with Crippen molar-refractivity contribution in [1.82, 2.24) is 15.2 Å². The van der Waals surface area contributed by atoms with Crippen LogP contribution in [0, 0.1) is 5.82 Å². The third-order valence-corrected chi connectivity index (χ3v) is 4.98. The summed E-state index contributed by atoms with van der Waals surface area (Å²) < 4.78 is 18.2. The average molecular weight is 363 g/mol. The molecule has 2 heterocycles. The van der Waals surface area contributed by atoms with Crippen LogP contribution in [0.2, 0.25) is 0 Å². The van der Waals surface area contributed by atoms with Gasteiger partial charge in [-0.25, -0.2) is 9.37 Å². The highest BCUT2D eigenvalue weighted by Crippen LogP contribution is 2.13. The molecule has 1 aromatic heterocycles. The summed E-state index contributed by atoms with van der Waals surface area (Å²) in [6.45, 7) is 4.72. The molecule has 0 aliphatic carbocycles. The molecule has 1 aliphatic heterocycles. The maximum atomic E-state index is 12.8. The number of carbonyl (C=O) groups excluding carboxylic acids is 1. The van der Waals surface area contributed by atoms with Crippen molar-refractivity contribution in [3.05, 3.63) is 51.7 Å². The Morgan fingerprint density at radius 1 is 1.28 bits per heavy atom. The zero-order valence-corrected chi connectivity index (χ0v) is 14.9. The van der Waals surface area contributed by atoms with Crippen LogP contribution < -0.4 is 5.32 Å². The summed E-state index contributed by atoms with van der Waals surface area (Å²) in [5.74, 6) is -0.279. The smallest absolute Gasteiger partial charge is 0.220 e. The zero-order chi connectivity index (χ0) is 17.5. The van der Waals surface area contributed by atoms with Gasteiger partial charge in [0, 0.05) is 31.4 Å². The second-order valence-electron chi connectivity index (χ2n) is 6.02. The SMILES string of the molecule is O=C(CCc1ccc(F)cc1)NCc1nc(CN2CCOCC2)cs1. The first-order valence-electron chi connectivity index (χ1n) is 8.43. The Morgan fingerprint density at radius 2 is 2.04 bits per heavy atom. The fourth-order valence-corrected chi connectivity index (χ4v) is 3.39. The molecule has 0 bridgehead atoms. The van der Waals surface area contributed by atoms with Crippen LogP contribution in [0.4, 0.5) is 4.39 Å². The van der Waals surface area contributed by atoms with Gasteiger partial charge in [-0.05, 0) is 24.1 Å². The second kappa shape index (κ2) is 9.03. The van der Waals surface area contributed by atoms with Crippen LogP contribution in [0.15, 0.2) is 29.6 Å². The van der Waals surface area contributed by atoms with Crippen LogP contribution in [-0.2, 0) is 29.0 Å². The van der Waals surface area contributed by atoms with Crippen molar-refractivity contribution in [2.75, 3.05) is 26.3 Å². The molecule has 3 rings (SSSR count). The Bertz CT molecular complexity index is 684. The summed E-state index contributed by atoms with van der Waals surface area (Å²) in [6, 6.07) is 6.25. The van der Waals surface area contributed by atoms with Crippen molar-refractivity contribution in [2.45, 2.75) is 25.9 Å². The highest BCUT2D eigenvalue weighted by atomic mass is 32.1. The van der Waals surface area contributed by atoms with E-state index in [9.17, 15) is 9.18 Å². The predicted octanol–water partition coefficient (Wildman–Crippen LogP) is 2.36. The maximum absolute atomic E-state index is 12.8. The number of halogens is 1. The lowest BCUT2D eigenvalue weighted by molar-refractivity contribution is -0.121. The monoisotopic (exact) mass is 363 g/mol. The van der Waals surface area contributed by atoms with E-state index >= 15 is 0 Å². The number of ether oxygens (including phenoxy) is 1. The number of benzene rings is 1. The van der Waals surface area contributed by atoms with Crippen molar-refractivity contribution >= 4 is 17.2 Å². The van der Waals surface area contributed by atoms with Crippen LogP contribution in [0.3, 0.4) is 0 Å². The van der Waals surface area contributed by atoms with E-state index in [1.54, 1.807) is 23.5 Å². The van der Waals surface area contributed by atoms with E-state index in [1.165, 1.54) is 12.1 Å². The Balaban J connectivity index is 1.39. The number of aromatic nitrogens is 1. The van der Waals surface area contributed by atoms with Gasteiger partial charge in [0.05, 0.1) is 25.5 Å². The number of thiazole rings is 1. The predicted molar refractivity (Wildman–Crippen MR) is 94.8 cm³/mol. The fraction of sp³-hybridized carbons (Fsp3) is 0.444. The third kappa shape index (κ3) is 5.88. The van der Waals surface area contributed by atoms with Gasteiger partial charge in [-0.1, -0.05) is 12.1 Å². The largest absolute Gasteiger partial charge is 0.379 e. The number of nitrogens with one attached hydrogen (secondary N) is 1. The van der Waals surface area contributed by atoms with Crippen LogP contribution in [0.5, 0.6) is 0 Å². The first kappa shape index (κ1) is 18.0. The molecule has 1 fully saturated rings. The van der Waals surface area contributed by atoms with Gasteiger partial charge in [0.15, 0.2) is 0 Å². The van der Waals surface area contributed by atoms with Crippen LogP contribution in [-0.4, -0.2) is 42.1 Å². The number of amides is 1. The molecule has 1 saturated heterocycles. The van der Waals surface area contributed by atoms with E-state index in [-0.39, 0.29) is 11.7 Å². The first-order chi connectivity index (χ1) is 12.2. The normalized spacial score (nSPS) is 15.2. The van der Waals surface area contributed by atoms with Gasteiger partial charge in [0.1, 0.15) is 10.8 Å². The molecule has 134 valence electrons. The van der Waals surface area contributed by atoms with Crippen LogP contribution in [0.25, 0.3) is 0 Å². The van der Waals surface area contributed by atoms with Crippen molar-refractivity contribution in [2.24, 2.45) is 0 Å². The lowest BCUT2D eigenvalue weighted by atomic mass is 10.1. The van der Waals surface area contributed by atoms with Crippen LogP contribution in [0.1, 0.15) is 22.7 Å².